The number of carbonyl (C=O) groups excluding carboxylic acids is 2. The third kappa shape index (κ3) is 5.20. The number of benzene rings is 1. The third-order valence-corrected chi connectivity index (χ3v) is 3.75. The molecule has 28 heavy (non-hydrogen) atoms. The fourth-order valence-corrected chi connectivity index (χ4v) is 2.46. The van der Waals surface area contributed by atoms with Crippen molar-refractivity contribution in [1.82, 2.24) is 10.3 Å². The van der Waals surface area contributed by atoms with Crippen molar-refractivity contribution < 1.29 is 18.7 Å². The highest BCUT2D eigenvalue weighted by atomic mass is 16.5. The van der Waals surface area contributed by atoms with Gasteiger partial charge in [0.15, 0.2) is 0 Å². The molecular weight excluding hydrogens is 358 g/mol. The predicted octanol–water partition coefficient (Wildman–Crippen LogP) is 3.64. The molecule has 7 nitrogen and oxygen atoms in total. The zero-order chi connectivity index (χ0) is 19.9. The summed E-state index contributed by atoms with van der Waals surface area (Å²) in [6.45, 7) is 4.15. The molecule has 0 saturated carbocycles. The predicted molar refractivity (Wildman–Crippen MR) is 104 cm³/mol. The minimum absolute atomic E-state index is 0.0770. The monoisotopic (exact) mass is 379 g/mol. The van der Waals surface area contributed by atoms with Crippen LogP contribution in [0.25, 0.3) is 0 Å². The van der Waals surface area contributed by atoms with Gasteiger partial charge in [-0.25, -0.2) is 0 Å². The summed E-state index contributed by atoms with van der Waals surface area (Å²) in [5.41, 5.74) is 1.20. The van der Waals surface area contributed by atoms with Crippen LogP contribution in [0.15, 0.2) is 65.5 Å². The first-order valence-corrected chi connectivity index (χ1v) is 8.85. The lowest BCUT2D eigenvalue weighted by atomic mass is 10.1. The molecule has 0 fully saturated rings. The SMILES string of the molecule is CC(C)Oc1ccc(NC(=O)c2cncc(C(=O)NCc3ccco3)c2)cc1. The number of hydrogen-bond acceptors (Lipinski definition) is 5. The molecule has 0 atom stereocenters. The molecule has 3 rings (SSSR count). The largest absolute Gasteiger partial charge is 0.491 e. The minimum Gasteiger partial charge on any atom is -0.491 e. The van der Waals surface area contributed by atoms with Gasteiger partial charge in [-0.2, -0.15) is 0 Å². The molecule has 2 aromatic heterocycles. The van der Waals surface area contributed by atoms with E-state index in [2.05, 4.69) is 15.6 Å². The van der Waals surface area contributed by atoms with Gasteiger partial charge in [0, 0.05) is 18.1 Å². The van der Waals surface area contributed by atoms with Gasteiger partial charge in [0.25, 0.3) is 11.8 Å². The Labute approximate surface area is 162 Å². The average Bonchev–Trinajstić information content (AvgIpc) is 3.21. The Morgan fingerprint density at radius 2 is 1.79 bits per heavy atom. The van der Waals surface area contributed by atoms with Crippen LogP contribution in [0, 0.1) is 0 Å². The number of furan rings is 1. The number of nitrogens with zero attached hydrogens (tertiary/aromatic N) is 1. The van der Waals surface area contributed by atoms with Gasteiger partial charge in [-0.05, 0) is 56.3 Å². The van der Waals surface area contributed by atoms with Crippen molar-refractivity contribution >= 4 is 17.5 Å². The fourth-order valence-electron chi connectivity index (χ4n) is 2.46. The van der Waals surface area contributed by atoms with Gasteiger partial charge in [-0.1, -0.05) is 0 Å². The molecule has 0 radical (unpaired) electrons. The van der Waals surface area contributed by atoms with Gasteiger partial charge >= 0.3 is 0 Å². The third-order valence-electron chi connectivity index (χ3n) is 3.75. The highest BCUT2D eigenvalue weighted by Gasteiger charge is 2.12. The van der Waals surface area contributed by atoms with Crippen LogP contribution in [0.5, 0.6) is 5.75 Å². The van der Waals surface area contributed by atoms with Gasteiger partial charge < -0.3 is 19.8 Å². The van der Waals surface area contributed by atoms with E-state index in [1.165, 1.54) is 24.7 Å². The van der Waals surface area contributed by atoms with E-state index in [1.54, 1.807) is 36.4 Å². The second kappa shape index (κ2) is 8.85. The van der Waals surface area contributed by atoms with Crippen LogP contribution in [-0.4, -0.2) is 22.9 Å². The van der Waals surface area contributed by atoms with E-state index in [1.807, 2.05) is 13.8 Å². The Morgan fingerprint density at radius 1 is 1.07 bits per heavy atom. The van der Waals surface area contributed by atoms with Crippen LogP contribution in [0.1, 0.15) is 40.3 Å². The van der Waals surface area contributed by atoms with Crippen LogP contribution in [0.3, 0.4) is 0 Å². The molecule has 2 heterocycles. The summed E-state index contributed by atoms with van der Waals surface area (Å²) in [7, 11) is 0. The van der Waals surface area contributed by atoms with Crippen molar-refractivity contribution in [2.45, 2.75) is 26.5 Å². The Hall–Kier alpha value is -3.61. The number of anilines is 1. The number of carbonyl (C=O) groups is 2. The first-order valence-electron chi connectivity index (χ1n) is 8.85. The lowest BCUT2D eigenvalue weighted by Gasteiger charge is -2.11. The number of rotatable bonds is 7. The fraction of sp³-hybridized carbons (Fsp3) is 0.190. The molecule has 0 spiro atoms. The number of ether oxygens (including phenoxy) is 1. The molecule has 0 bridgehead atoms. The molecule has 0 aliphatic carbocycles. The summed E-state index contributed by atoms with van der Waals surface area (Å²) in [6.07, 6.45) is 4.43. The summed E-state index contributed by atoms with van der Waals surface area (Å²) < 4.78 is 10.8. The summed E-state index contributed by atoms with van der Waals surface area (Å²) in [4.78, 5) is 28.7. The molecular formula is C21H21N3O4. The molecule has 2 amide bonds. The second-order valence-corrected chi connectivity index (χ2v) is 6.37. The Balaban J connectivity index is 1.62. The topological polar surface area (TPSA) is 93.5 Å². The van der Waals surface area contributed by atoms with Crippen molar-refractivity contribution in [2.24, 2.45) is 0 Å². The summed E-state index contributed by atoms with van der Waals surface area (Å²) in [5.74, 6) is 0.671. The van der Waals surface area contributed by atoms with Gasteiger partial charge in [0.05, 0.1) is 30.0 Å². The lowest BCUT2D eigenvalue weighted by molar-refractivity contribution is 0.0947. The smallest absolute Gasteiger partial charge is 0.257 e. The van der Waals surface area contributed by atoms with Crippen LogP contribution in [0.2, 0.25) is 0 Å². The number of amides is 2. The van der Waals surface area contributed by atoms with Gasteiger partial charge in [-0.15, -0.1) is 0 Å². The molecule has 144 valence electrons. The summed E-state index contributed by atoms with van der Waals surface area (Å²) in [6, 6.07) is 12.1. The van der Waals surface area contributed by atoms with Crippen LogP contribution in [-0.2, 0) is 6.54 Å². The number of nitrogens with one attached hydrogen (secondary N) is 2. The molecule has 0 aliphatic heterocycles. The zero-order valence-corrected chi connectivity index (χ0v) is 15.6. The lowest BCUT2D eigenvalue weighted by Crippen LogP contribution is -2.23. The minimum atomic E-state index is -0.356. The Kier molecular flexibility index (Phi) is 6.06. The van der Waals surface area contributed by atoms with Crippen LogP contribution < -0.4 is 15.4 Å². The van der Waals surface area contributed by atoms with E-state index in [0.29, 0.717) is 17.0 Å². The number of pyridine rings is 1. The average molecular weight is 379 g/mol. The normalized spacial score (nSPS) is 10.5. The maximum Gasteiger partial charge on any atom is 0.257 e. The van der Waals surface area contributed by atoms with E-state index in [-0.39, 0.29) is 30.0 Å². The zero-order valence-electron chi connectivity index (χ0n) is 15.6. The standard InChI is InChI=1S/C21H21N3O4/c1-14(2)28-18-7-5-17(6-8-18)24-21(26)16-10-15(11-22-12-16)20(25)23-13-19-4-3-9-27-19/h3-12,14H,13H2,1-2H3,(H,23,25)(H,24,26). The van der Waals surface area contributed by atoms with Gasteiger partial charge in [-0.3, -0.25) is 14.6 Å². The molecule has 1 aromatic carbocycles. The quantitative estimate of drug-likeness (QED) is 0.654. The van der Waals surface area contributed by atoms with E-state index in [4.69, 9.17) is 9.15 Å². The van der Waals surface area contributed by atoms with Crippen molar-refractivity contribution in [2.75, 3.05) is 5.32 Å². The Bertz CT molecular complexity index is 935. The van der Waals surface area contributed by atoms with Crippen LogP contribution >= 0.6 is 0 Å². The Morgan fingerprint density at radius 3 is 2.43 bits per heavy atom. The van der Waals surface area contributed by atoms with Crippen LogP contribution in [0.4, 0.5) is 5.69 Å². The van der Waals surface area contributed by atoms with Gasteiger partial charge in [0.2, 0.25) is 0 Å². The first-order chi connectivity index (χ1) is 13.5. The highest BCUT2D eigenvalue weighted by Crippen LogP contribution is 2.17. The molecule has 0 aliphatic rings. The summed E-state index contributed by atoms with van der Waals surface area (Å²) >= 11 is 0. The van der Waals surface area contributed by atoms with E-state index in [9.17, 15) is 9.59 Å². The van der Waals surface area contributed by atoms with E-state index in [0.717, 1.165) is 5.75 Å². The van der Waals surface area contributed by atoms with Gasteiger partial charge in [0.1, 0.15) is 11.5 Å². The number of aromatic nitrogens is 1. The molecule has 7 heteroatoms. The van der Waals surface area contributed by atoms with Crippen molar-refractivity contribution in [3.8, 4) is 5.75 Å². The molecule has 0 unspecified atom stereocenters. The first kappa shape index (κ1) is 19.2. The second-order valence-electron chi connectivity index (χ2n) is 6.37. The molecule has 3 aromatic rings. The number of hydrogen-bond donors (Lipinski definition) is 2. The van der Waals surface area contributed by atoms with Crippen molar-refractivity contribution in [1.29, 1.82) is 0 Å². The van der Waals surface area contributed by atoms with Crippen molar-refractivity contribution in [3.05, 3.63) is 78.0 Å². The maximum absolute atomic E-state index is 12.5. The maximum atomic E-state index is 12.5. The summed E-state index contributed by atoms with van der Waals surface area (Å²) in [5, 5.41) is 5.50. The molecule has 0 saturated heterocycles. The highest BCUT2D eigenvalue weighted by molar-refractivity contribution is 6.05. The van der Waals surface area contributed by atoms with Crippen molar-refractivity contribution in [3.63, 3.8) is 0 Å². The van der Waals surface area contributed by atoms with E-state index >= 15 is 0 Å². The van der Waals surface area contributed by atoms with E-state index < -0.39 is 0 Å². The molecule has 2 N–H and O–H groups in total.